The average molecular weight is 81.1 g/mol. The van der Waals surface area contributed by atoms with E-state index in [4.69, 9.17) is 4.74 Å². The van der Waals surface area contributed by atoms with E-state index < -0.39 is 0 Å². The summed E-state index contributed by atoms with van der Waals surface area (Å²) in [7, 11) is 0. The highest BCUT2D eigenvalue weighted by molar-refractivity contribution is 4.96. The van der Waals surface area contributed by atoms with Crippen LogP contribution in [0, 0.1) is 6.08 Å². The van der Waals surface area contributed by atoms with Gasteiger partial charge in [-0.3, -0.25) is 0 Å². The normalized spacial score (nSPS) is 17.3. The second-order valence-electron chi connectivity index (χ2n) is 1.02. The van der Waals surface area contributed by atoms with E-state index in [1.807, 2.05) is 12.2 Å². The molecule has 0 aromatic carbocycles. The van der Waals surface area contributed by atoms with Crippen LogP contribution in [-0.2, 0) is 4.74 Å². The molecule has 0 aromatic rings. The zero-order valence-electron chi connectivity index (χ0n) is 3.35. The smallest absolute Gasteiger partial charge is 0.106 e. The largest absolute Gasteiger partial charge is 0.496 e. The maximum atomic E-state index is 4.75. The van der Waals surface area contributed by atoms with Gasteiger partial charge in [-0.05, 0) is 6.08 Å². The molecule has 0 N–H and O–H groups in total. The molecule has 0 aromatic heterocycles. The Balaban J connectivity index is 2.46. The zero-order chi connectivity index (χ0) is 4.24. The van der Waals surface area contributed by atoms with Gasteiger partial charge in [-0.25, -0.2) is 0 Å². The third-order valence-electron chi connectivity index (χ3n) is 0.558. The van der Waals surface area contributed by atoms with E-state index in [1.54, 1.807) is 6.26 Å². The Morgan fingerprint density at radius 3 is 2.83 bits per heavy atom. The molecule has 0 amide bonds. The first kappa shape index (κ1) is 3.47. The summed E-state index contributed by atoms with van der Waals surface area (Å²) in [5, 5.41) is 0. The molecule has 0 fully saturated rings. The molecule has 1 heterocycles. The van der Waals surface area contributed by atoms with E-state index in [-0.39, 0.29) is 0 Å². The van der Waals surface area contributed by atoms with Gasteiger partial charge in [0.1, 0.15) is 6.61 Å². The van der Waals surface area contributed by atoms with Gasteiger partial charge in [0, 0.05) is 6.08 Å². The van der Waals surface area contributed by atoms with Crippen molar-refractivity contribution in [1.82, 2.24) is 0 Å². The van der Waals surface area contributed by atoms with E-state index in [1.165, 1.54) is 0 Å². The number of hydrogen-bond donors (Lipinski definition) is 0. The number of allylic oxidation sites excluding steroid dienone is 2. The standard InChI is InChI=1S/C5H5O/c1-2-4-6-5-3-1/h1-2,5H,4H2. The van der Waals surface area contributed by atoms with E-state index in [9.17, 15) is 0 Å². The molecule has 1 heteroatoms. The van der Waals surface area contributed by atoms with Crippen molar-refractivity contribution in [2.24, 2.45) is 0 Å². The van der Waals surface area contributed by atoms with Gasteiger partial charge in [-0.1, -0.05) is 6.08 Å². The summed E-state index contributed by atoms with van der Waals surface area (Å²) in [5.74, 6) is 0. The lowest BCUT2D eigenvalue weighted by atomic mass is 10.5. The molecular formula is C5H5O. The topological polar surface area (TPSA) is 9.23 Å². The van der Waals surface area contributed by atoms with Gasteiger partial charge >= 0.3 is 0 Å². The molecule has 0 spiro atoms. The summed E-state index contributed by atoms with van der Waals surface area (Å²) >= 11 is 0. The molecule has 0 atom stereocenters. The molecule has 1 radical (unpaired) electrons. The van der Waals surface area contributed by atoms with Crippen molar-refractivity contribution in [3.8, 4) is 0 Å². The number of ether oxygens (including phenoxy) is 1. The lowest BCUT2D eigenvalue weighted by Gasteiger charge is -1.94. The van der Waals surface area contributed by atoms with Gasteiger partial charge < -0.3 is 4.74 Å². The highest BCUT2D eigenvalue weighted by atomic mass is 16.5. The Morgan fingerprint density at radius 2 is 2.67 bits per heavy atom. The van der Waals surface area contributed by atoms with Gasteiger partial charge in [0.25, 0.3) is 0 Å². The second-order valence-corrected chi connectivity index (χ2v) is 1.02. The fraction of sp³-hybridized carbons (Fsp3) is 0.200. The quantitative estimate of drug-likeness (QED) is 0.420. The molecule has 0 aliphatic carbocycles. The van der Waals surface area contributed by atoms with Crippen LogP contribution in [0.5, 0.6) is 0 Å². The molecule has 6 heavy (non-hydrogen) atoms. The Hall–Kier alpha value is -0.720. The highest BCUT2D eigenvalue weighted by Crippen LogP contribution is 1.85. The van der Waals surface area contributed by atoms with Crippen LogP contribution in [0.4, 0.5) is 0 Å². The summed E-state index contributed by atoms with van der Waals surface area (Å²) in [6.07, 6.45) is 8.05. The molecule has 0 saturated heterocycles. The second kappa shape index (κ2) is 1.65. The highest BCUT2D eigenvalue weighted by Gasteiger charge is 1.76. The van der Waals surface area contributed by atoms with Crippen molar-refractivity contribution in [3.05, 3.63) is 24.5 Å². The molecule has 1 aliphatic rings. The fourth-order valence-corrected chi connectivity index (χ4v) is 0.307. The Kier molecular flexibility index (Phi) is 0.955. The lowest BCUT2D eigenvalue weighted by Crippen LogP contribution is -1.83. The van der Waals surface area contributed by atoms with Crippen LogP contribution in [0.25, 0.3) is 0 Å². The minimum atomic E-state index is 0.701. The SMILES string of the molecule is [C]1=COCC=C1. The minimum absolute atomic E-state index is 0.701. The molecule has 0 bridgehead atoms. The van der Waals surface area contributed by atoms with Gasteiger partial charge in [0.15, 0.2) is 0 Å². The molecule has 1 nitrogen and oxygen atoms in total. The van der Waals surface area contributed by atoms with Crippen molar-refractivity contribution in [3.63, 3.8) is 0 Å². The first-order valence-corrected chi connectivity index (χ1v) is 1.84. The summed E-state index contributed by atoms with van der Waals surface area (Å²) < 4.78 is 4.75. The fourth-order valence-electron chi connectivity index (χ4n) is 0.307. The molecule has 1 aliphatic heterocycles. The first-order chi connectivity index (χ1) is 3.00. The summed E-state index contributed by atoms with van der Waals surface area (Å²) in [6.45, 7) is 0.701. The predicted octanol–water partition coefficient (Wildman–Crippen LogP) is 0.890. The molecule has 0 saturated carbocycles. The van der Waals surface area contributed by atoms with Crippen LogP contribution in [0.2, 0.25) is 0 Å². The van der Waals surface area contributed by atoms with Crippen molar-refractivity contribution in [1.29, 1.82) is 0 Å². The molecule has 31 valence electrons. The van der Waals surface area contributed by atoms with Crippen LogP contribution in [-0.4, -0.2) is 6.61 Å². The molecule has 0 unspecified atom stereocenters. The third-order valence-corrected chi connectivity index (χ3v) is 0.558. The monoisotopic (exact) mass is 81.0 g/mol. The van der Waals surface area contributed by atoms with Crippen LogP contribution >= 0.6 is 0 Å². The summed E-state index contributed by atoms with van der Waals surface area (Å²) in [5.41, 5.74) is 0. The van der Waals surface area contributed by atoms with E-state index in [0.29, 0.717) is 6.61 Å². The predicted molar refractivity (Wildman–Crippen MR) is 22.9 cm³/mol. The van der Waals surface area contributed by atoms with Crippen molar-refractivity contribution < 1.29 is 4.74 Å². The van der Waals surface area contributed by atoms with Gasteiger partial charge in [-0.2, -0.15) is 0 Å². The number of hydrogen-bond acceptors (Lipinski definition) is 1. The van der Waals surface area contributed by atoms with Gasteiger partial charge in [0.05, 0.1) is 6.26 Å². The Bertz CT molecular complexity index is 69.9. The average Bonchev–Trinajstić information content (AvgIpc) is 1.72. The van der Waals surface area contributed by atoms with Crippen molar-refractivity contribution >= 4 is 0 Å². The Morgan fingerprint density at radius 1 is 1.67 bits per heavy atom. The van der Waals surface area contributed by atoms with Crippen molar-refractivity contribution in [2.45, 2.75) is 0 Å². The number of rotatable bonds is 0. The maximum Gasteiger partial charge on any atom is 0.106 e. The zero-order valence-corrected chi connectivity index (χ0v) is 3.35. The van der Waals surface area contributed by atoms with Gasteiger partial charge in [-0.15, -0.1) is 0 Å². The van der Waals surface area contributed by atoms with E-state index in [0.717, 1.165) is 0 Å². The summed E-state index contributed by atoms with van der Waals surface area (Å²) in [4.78, 5) is 0. The van der Waals surface area contributed by atoms with Crippen LogP contribution in [0.15, 0.2) is 18.4 Å². The summed E-state index contributed by atoms with van der Waals surface area (Å²) in [6, 6.07) is 0. The maximum absolute atomic E-state index is 4.75. The third kappa shape index (κ3) is 0.612. The molecular weight excluding hydrogens is 76.1 g/mol. The molecule has 1 rings (SSSR count). The first-order valence-electron chi connectivity index (χ1n) is 1.84. The minimum Gasteiger partial charge on any atom is -0.496 e. The Labute approximate surface area is 36.9 Å². The van der Waals surface area contributed by atoms with Gasteiger partial charge in [0.2, 0.25) is 0 Å². The van der Waals surface area contributed by atoms with Crippen LogP contribution < -0.4 is 0 Å². The van der Waals surface area contributed by atoms with Crippen molar-refractivity contribution in [2.75, 3.05) is 6.61 Å². The van der Waals surface area contributed by atoms with E-state index in [2.05, 4.69) is 6.08 Å². The van der Waals surface area contributed by atoms with Crippen LogP contribution in [0.1, 0.15) is 0 Å². The van der Waals surface area contributed by atoms with E-state index >= 15 is 0 Å². The lowest BCUT2D eigenvalue weighted by molar-refractivity contribution is 0.284. The van der Waals surface area contributed by atoms with Crippen LogP contribution in [0.3, 0.4) is 0 Å².